The normalized spacial score (nSPS) is 10.4. The van der Waals surface area contributed by atoms with Crippen LogP contribution in [0.5, 0.6) is 0 Å². The lowest BCUT2D eigenvalue weighted by Gasteiger charge is -1.96. The fraction of sp³-hybridized carbons (Fsp3) is 0. The van der Waals surface area contributed by atoms with Crippen molar-refractivity contribution < 1.29 is 9.90 Å². The summed E-state index contributed by atoms with van der Waals surface area (Å²) in [7, 11) is 0. The van der Waals surface area contributed by atoms with Crippen molar-refractivity contribution in [1.82, 2.24) is 20.2 Å². The second kappa shape index (κ2) is 3.99. The van der Waals surface area contributed by atoms with Crippen LogP contribution in [-0.4, -0.2) is 31.2 Å². The van der Waals surface area contributed by atoms with Crippen LogP contribution >= 0.6 is 12.4 Å². The molecule has 0 spiro atoms. The van der Waals surface area contributed by atoms with Crippen LogP contribution in [0.25, 0.3) is 21.8 Å². The maximum absolute atomic E-state index is 10.9. The minimum atomic E-state index is -1.03. The highest BCUT2D eigenvalue weighted by Crippen LogP contribution is 2.23. The van der Waals surface area contributed by atoms with Gasteiger partial charge in [0.2, 0.25) is 0 Å². The van der Waals surface area contributed by atoms with Crippen molar-refractivity contribution in [2.75, 3.05) is 0 Å². The number of benzene rings is 1. The summed E-state index contributed by atoms with van der Waals surface area (Å²) >= 11 is 0. The summed E-state index contributed by atoms with van der Waals surface area (Å²) in [6.07, 6.45) is 3.08. The minimum absolute atomic E-state index is 0. The number of fused-ring (bicyclic) bond motifs is 3. The first kappa shape index (κ1) is 11.3. The third-order valence-corrected chi connectivity index (χ3v) is 2.41. The molecule has 2 aromatic heterocycles. The number of hydrogen-bond donors (Lipinski definition) is 2. The number of H-pyrrole nitrogens is 1. The molecule has 0 radical (unpaired) electrons. The van der Waals surface area contributed by atoms with E-state index in [0.717, 1.165) is 5.39 Å². The quantitative estimate of drug-likeness (QED) is 0.685. The molecule has 0 bridgehead atoms. The van der Waals surface area contributed by atoms with Crippen LogP contribution in [0.15, 0.2) is 24.7 Å². The first-order valence-corrected chi connectivity index (χ1v) is 4.57. The number of aromatic nitrogens is 4. The van der Waals surface area contributed by atoms with Gasteiger partial charge in [0, 0.05) is 17.0 Å². The maximum Gasteiger partial charge on any atom is 0.354 e. The van der Waals surface area contributed by atoms with Crippen LogP contribution in [0.1, 0.15) is 10.5 Å². The van der Waals surface area contributed by atoms with Crippen LogP contribution in [0.4, 0.5) is 0 Å². The van der Waals surface area contributed by atoms with Crippen LogP contribution in [0, 0.1) is 0 Å². The van der Waals surface area contributed by atoms with Gasteiger partial charge in [0.25, 0.3) is 0 Å². The second-order valence-electron chi connectivity index (χ2n) is 3.33. The summed E-state index contributed by atoms with van der Waals surface area (Å²) < 4.78 is 0. The molecule has 7 heteroatoms. The van der Waals surface area contributed by atoms with Gasteiger partial charge < -0.3 is 5.11 Å². The molecule has 0 saturated heterocycles. The highest BCUT2D eigenvalue weighted by atomic mass is 35.5. The number of nitrogens with one attached hydrogen (secondary N) is 1. The zero-order valence-corrected chi connectivity index (χ0v) is 9.23. The summed E-state index contributed by atoms with van der Waals surface area (Å²) in [5.74, 6) is -1.03. The number of rotatable bonds is 1. The number of carboxylic acid groups (broad SMARTS) is 1. The number of aromatic carboxylic acids is 1. The van der Waals surface area contributed by atoms with Gasteiger partial charge in [-0.05, 0) is 6.07 Å². The Morgan fingerprint density at radius 2 is 2.12 bits per heavy atom. The van der Waals surface area contributed by atoms with E-state index in [-0.39, 0.29) is 18.1 Å². The molecule has 0 amide bonds. The Bertz CT molecular complexity index is 710. The number of carbonyl (C=O) groups is 1. The highest BCUT2D eigenvalue weighted by Gasteiger charge is 2.14. The summed E-state index contributed by atoms with van der Waals surface area (Å²) in [6.45, 7) is 0. The molecule has 6 nitrogen and oxygen atoms in total. The van der Waals surface area contributed by atoms with Crippen LogP contribution in [0.2, 0.25) is 0 Å². The first-order chi connectivity index (χ1) is 7.77. The van der Waals surface area contributed by atoms with E-state index in [1.54, 1.807) is 18.3 Å². The van der Waals surface area contributed by atoms with Crippen molar-refractivity contribution in [3.63, 3.8) is 0 Å². The Balaban J connectivity index is 0.00000108. The van der Waals surface area contributed by atoms with Gasteiger partial charge in [0.05, 0.1) is 0 Å². The van der Waals surface area contributed by atoms with Gasteiger partial charge in [-0.3, -0.25) is 5.10 Å². The maximum atomic E-state index is 10.9. The number of hydrogen-bond acceptors (Lipinski definition) is 4. The third kappa shape index (κ3) is 1.58. The van der Waals surface area contributed by atoms with Crippen molar-refractivity contribution in [2.45, 2.75) is 0 Å². The van der Waals surface area contributed by atoms with E-state index in [1.165, 1.54) is 6.33 Å². The molecular formula is C10H7ClN4O2. The van der Waals surface area contributed by atoms with Gasteiger partial charge >= 0.3 is 5.97 Å². The molecule has 86 valence electrons. The highest BCUT2D eigenvalue weighted by molar-refractivity contribution is 6.09. The average Bonchev–Trinajstić information content (AvgIpc) is 2.73. The molecule has 17 heavy (non-hydrogen) atoms. The van der Waals surface area contributed by atoms with Crippen molar-refractivity contribution in [3.8, 4) is 0 Å². The average molecular weight is 251 g/mol. The second-order valence-corrected chi connectivity index (χ2v) is 3.33. The number of halogens is 1. The fourth-order valence-electron chi connectivity index (χ4n) is 1.69. The summed E-state index contributed by atoms with van der Waals surface area (Å²) in [4.78, 5) is 18.9. The molecule has 0 aliphatic carbocycles. The zero-order chi connectivity index (χ0) is 11.1. The summed E-state index contributed by atoms with van der Waals surface area (Å²) in [5.41, 5.74) is 1.28. The van der Waals surface area contributed by atoms with E-state index in [4.69, 9.17) is 5.11 Å². The number of carboxylic acids is 1. The SMILES string of the molecule is Cl.O=C(O)c1[nH]nc2c1ccc1cncnc12. The molecule has 3 rings (SSSR count). The van der Waals surface area contributed by atoms with E-state index in [9.17, 15) is 4.79 Å². The van der Waals surface area contributed by atoms with Crippen LogP contribution < -0.4 is 0 Å². The lowest BCUT2D eigenvalue weighted by molar-refractivity contribution is 0.0692. The lowest BCUT2D eigenvalue weighted by Crippen LogP contribution is -1.96. The van der Waals surface area contributed by atoms with Crippen LogP contribution in [-0.2, 0) is 0 Å². The van der Waals surface area contributed by atoms with E-state index in [0.29, 0.717) is 16.4 Å². The lowest BCUT2D eigenvalue weighted by atomic mass is 10.1. The number of aromatic amines is 1. The van der Waals surface area contributed by atoms with E-state index >= 15 is 0 Å². The molecule has 2 heterocycles. The van der Waals surface area contributed by atoms with Crippen molar-refractivity contribution in [3.05, 3.63) is 30.4 Å². The fourth-order valence-corrected chi connectivity index (χ4v) is 1.69. The van der Waals surface area contributed by atoms with Gasteiger partial charge in [-0.15, -0.1) is 12.4 Å². The zero-order valence-electron chi connectivity index (χ0n) is 8.41. The van der Waals surface area contributed by atoms with Gasteiger partial charge in [0.15, 0.2) is 5.69 Å². The summed E-state index contributed by atoms with van der Waals surface area (Å²) in [6, 6.07) is 3.48. The standard InChI is InChI=1S/C10H6N4O2.ClH/c15-10(16)9-6-2-1-5-3-11-4-12-7(5)8(6)13-14-9;/h1-4H,(H,13,14)(H,15,16);1H. The molecule has 0 unspecified atom stereocenters. The molecule has 0 saturated carbocycles. The molecule has 3 aromatic rings. The van der Waals surface area contributed by atoms with E-state index in [1.807, 2.05) is 0 Å². The monoisotopic (exact) mass is 250 g/mol. The Morgan fingerprint density at radius 3 is 2.88 bits per heavy atom. The predicted octanol–water partition coefficient (Wildman–Crippen LogP) is 1.63. The molecule has 0 aliphatic rings. The van der Waals surface area contributed by atoms with Gasteiger partial charge in [-0.2, -0.15) is 5.10 Å². The molecule has 0 fully saturated rings. The Hall–Kier alpha value is -2.21. The van der Waals surface area contributed by atoms with Gasteiger partial charge in [-0.1, -0.05) is 6.07 Å². The first-order valence-electron chi connectivity index (χ1n) is 4.57. The van der Waals surface area contributed by atoms with E-state index < -0.39 is 5.97 Å². The Kier molecular flexibility index (Phi) is 2.64. The third-order valence-electron chi connectivity index (χ3n) is 2.41. The van der Waals surface area contributed by atoms with E-state index in [2.05, 4.69) is 20.2 Å². The van der Waals surface area contributed by atoms with Gasteiger partial charge in [0.1, 0.15) is 17.4 Å². The summed E-state index contributed by atoms with van der Waals surface area (Å²) in [5, 5.41) is 16.8. The van der Waals surface area contributed by atoms with Crippen molar-refractivity contribution in [2.24, 2.45) is 0 Å². The minimum Gasteiger partial charge on any atom is -0.477 e. The Labute approximate surface area is 101 Å². The Morgan fingerprint density at radius 1 is 1.29 bits per heavy atom. The molecule has 0 aliphatic heterocycles. The van der Waals surface area contributed by atoms with Gasteiger partial charge in [-0.25, -0.2) is 14.8 Å². The van der Waals surface area contributed by atoms with Crippen molar-refractivity contribution in [1.29, 1.82) is 0 Å². The van der Waals surface area contributed by atoms with Crippen molar-refractivity contribution >= 4 is 40.2 Å². The topological polar surface area (TPSA) is 91.8 Å². The molecule has 2 N–H and O–H groups in total. The predicted molar refractivity (Wildman–Crippen MR) is 63.4 cm³/mol. The molecular weight excluding hydrogens is 244 g/mol. The van der Waals surface area contributed by atoms with Crippen LogP contribution in [0.3, 0.4) is 0 Å². The smallest absolute Gasteiger partial charge is 0.354 e. The number of nitrogens with zero attached hydrogens (tertiary/aromatic N) is 3. The molecule has 0 atom stereocenters. The largest absolute Gasteiger partial charge is 0.477 e. The molecule has 1 aromatic carbocycles.